The van der Waals surface area contributed by atoms with Crippen LogP contribution in [0.2, 0.25) is 5.02 Å². The van der Waals surface area contributed by atoms with Gasteiger partial charge in [0.05, 0.1) is 22.5 Å². The van der Waals surface area contributed by atoms with Gasteiger partial charge < -0.3 is 31.9 Å². The van der Waals surface area contributed by atoms with E-state index in [1.165, 1.54) is 12.1 Å². The molecule has 0 bridgehead atoms. The first kappa shape index (κ1) is 26.3. The number of rotatable bonds is 6. The van der Waals surface area contributed by atoms with Gasteiger partial charge in [0.1, 0.15) is 11.6 Å². The van der Waals surface area contributed by atoms with Crippen LogP contribution in [0.15, 0.2) is 59.7 Å². The van der Waals surface area contributed by atoms with Crippen molar-refractivity contribution < 1.29 is 14.0 Å². The second-order valence-electron chi connectivity index (χ2n) is 9.32. The number of amides is 2. The monoisotopic (exact) mass is 526 g/mol. The number of allylic oxidation sites excluding steroid dienone is 1. The van der Waals surface area contributed by atoms with Crippen LogP contribution >= 0.6 is 11.6 Å². The summed E-state index contributed by atoms with van der Waals surface area (Å²) in [5.74, 6) is -0.670. The summed E-state index contributed by atoms with van der Waals surface area (Å²) in [7, 11) is 0. The molecule has 37 heavy (non-hydrogen) atoms. The van der Waals surface area contributed by atoms with E-state index in [0.29, 0.717) is 41.4 Å². The molecule has 1 fully saturated rings. The fraction of sp³-hybridized carbons (Fsp3) is 0.333. The number of nitrogens with one attached hydrogen (secondary N) is 2. The molecular formula is C27H32ClFN6O2. The molecule has 0 aromatic heterocycles. The Morgan fingerprint density at radius 3 is 2.49 bits per heavy atom. The van der Waals surface area contributed by atoms with E-state index in [1.807, 2.05) is 23.6 Å². The molecule has 2 aliphatic heterocycles. The normalized spacial score (nSPS) is 17.0. The topological polar surface area (TPSA) is 117 Å². The van der Waals surface area contributed by atoms with Crippen LogP contribution in [0.25, 0.3) is 0 Å². The van der Waals surface area contributed by atoms with Gasteiger partial charge in [0, 0.05) is 37.4 Å². The molecule has 2 aromatic carbocycles. The van der Waals surface area contributed by atoms with Gasteiger partial charge in [0.15, 0.2) is 0 Å². The molecule has 2 heterocycles. The Morgan fingerprint density at radius 2 is 1.81 bits per heavy atom. The minimum Gasteiger partial charge on any atom is -0.394 e. The van der Waals surface area contributed by atoms with Crippen molar-refractivity contribution in [2.45, 2.75) is 32.7 Å². The molecule has 0 aliphatic carbocycles. The summed E-state index contributed by atoms with van der Waals surface area (Å²) in [6, 6.07) is 9.43. The Hall–Kier alpha value is -3.72. The van der Waals surface area contributed by atoms with Crippen molar-refractivity contribution in [1.29, 1.82) is 0 Å². The molecular weight excluding hydrogens is 495 g/mol. The fourth-order valence-electron chi connectivity index (χ4n) is 4.79. The molecule has 8 nitrogen and oxygen atoms in total. The molecule has 10 heteroatoms. The summed E-state index contributed by atoms with van der Waals surface area (Å²) in [4.78, 5) is 29.2. The Balaban J connectivity index is 1.51. The number of hydrogen-bond donors (Lipinski definition) is 4. The molecule has 1 unspecified atom stereocenters. The first-order chi connectivity index (χ1) is 17.7. The van der Waals surface area contributed by atoms with Crippen LogP contribution in [0.1, 0.15) is 47.3 Å². The molecule has 4 rings (SSSR count). The number of nitrogens with two attached hydrogens (primary N) is 2. The maximum absolute atomic E-state index is 14.2. The minimum atomic E-state index is -0.517. The molecule has 2 amide bonds. The number of aryl methyl sites for hydroxylation is 1. The third-order valence-electron chi connectivity index (χ3n) is 6.83. The van der Waals surface area contributed by atoms with Crippen LogP contribution in [0, 0.1) is 12.7 Å². The molecule has 1 saturated heterocycles. The average molecular weight is 527 g/mol. The lowest BCUT2D eigenvalue weighted by Gasteiger charge is -2.37. The van der Waals surface area contributed by atoms with E-state index in [-0.39, 0.29) is 22.7 Å². The van der Waals surface area contributed by atoms with Crippen molar-refractivity contribution in [3.8, 4) is 0 Å². The van der Waals surface area contributed by atoms with Crippen molar-refractivity contribution in [3.05, 3.63) is 87.2 Å². The first-order valence-corrected chi connectivity index (χ1v) is 12.7. The Labute approximate surface area is 221 Å². The smallest absolute Gasteiger partial charge is 0.271 e. The van der Waals surface area contributed by atoms with E-state index in [0.717, 1.165) is 31.5 Å². The fourth-order valence-corrected chi connectivity index (χ4v) is 5.16. The van der Waals surface area contributed by atoms with Crippen molar-refractivity contribution >= 4 is 29.1 Å². The van der Waals surface area contributed by atoms with Gasteiger partial charge in [-0.2, -0.15) is 0 Å². The predicted octanol–water partition coefficient (Wildman–Crippen LogP) is 3.60. The maximum atomic E-state index is 14.2. The highest BCUT2D eigenvalue weighted by atomic mass is 35.5. The van der Waals surface area contributed by atoms with Crippen molar-refractivity contribution in [2.24, 2.45) is 11.5 Å². The van der Waals surface area contributed by atoms with Crippen LogP contribution in [-0.2, 0) is 4.79 Å². The summed E-state index contributed by atoms with van der Waals surface area (Å²) in [5, 5.41) is 5.90. The highest BCUT2D eigenvalue weighted by Gasteiger charge is 2.27. The molecule has 196 valence electrons. The third kappa shape index (κ3) is 5.67. The Bertz CT molecular complexity index is 1250. The lowest BCUT2D eigenvalue weighted by Crippen LogP contribution is -2.43. The van der Waals surface area contributed by atoms with Gasteiger partial charge in [0.2, 0.25) is 0 Å². The number of likely N-dealkylation sites (tertiary alicyclic amines) is 1. The van der Waals surface area contributed by atoms with E-state index in [1.54, 1.807) is 30.3 Å². The maximum Gasteiger partial charge on any atom is 0.271 e. The zero-order chi connectivity index (χ0) is 26.7. The van der Waals surface area contributed by atoms with Gasteiger partial charge in [-0.1, -0.05) is 17.7 Å². The Morgan fingerprint density at radius 1 is 1.14 bits per heavy atom. The molecule has 2 aliphatic rings. The lowest BCUT2D eigenvalue weighted by molar-refractivity contribution is -0.112. The van der Waals surface area contributed by atoms with E-state index in [2.05, 4.69) is 10.6 Å². The molecule has 0 spiro atoms. The molecule has 0 saturated carbocycles. The number of nitrogens with zero attached hydrogens (tertiary/aromatic N) is 2. The van der Waals surface area contributed by atoms with E-state index < -0.39 is 11.7 Å². The lowest BCUT2D eigenvalue weighted by atomic mass is 9.99. The quantitative estimate of drug-likeness (QED) is 0.427. The minimum absolute atomic E-state index is 0.00940. The van der Waals surface area contributed by atoms with Gasteiger partial charge >= 0.3 is 0 Å². The standard InChI is InChI=1S/C27H32ClFN6O2/c1-16-5-10-20(29)24(28)23(16)17(2)35-14-11-32-25(31)22(35)15-21(30)26(36)33-19-8-6-18(7-9-19)27(37)34-12-3-4-13-34/h5-10,15,17,32H,3-4,11-14,30-31H2,1-2H3,(H,33,36)/b21-15-. The summed E-state index contributed by atoms with van der Waals surface area (Å²) < 4.78 is 14.2. The van der Waals surface area contributed by atoms with Crippen LogP contribution in [-0.4, -0.2) is 47.8 Å². The molecule has 2 aromatic rings. The first-order valence-electron chi connectivity index (χ1n) is 12.3. The predicted molar refractivity (Wildman–Crippen MR) is 143 cm³/mol. The van der Waals surface area contributed by atoms with Gasteiger partial charge in [-0.25, -0.2) is 4.39 Å². The van der Waals surface area contributed by atoms with Crippen LogP contribution in [0.5, 0.6) is 0 Å². The van der Waals surface area contributed by atoms with Gasteiger partial charge in [-0.05, 0) is 74.2 Å². The number of halogens is 2. The third-order valence-corrected chi connectivity index (χ3v) is 7.21. The SMILES string of the molecule is Cc1ccc(F)c(Cl)c1C(C)N1CCNC(N)=C1/C=C(\N)C(=O)Nc1ccc(C(=O)N2CCCC2)cc1. The summed E-state index contributed by atoms with van der Waals surface area (Å²) in [5.41, 5.74) is 15.4. The highest BCUT2D eigenvalue weighted by molar-refractivity contribution is 6.31. The van der Waals surface area contributed by atoms with Gasteiger partial charge in [-0.3, -0.25) is 9.59 Å². The van der Waals surface area contributed by atoms with Gasteiger partial charge in [-0.15, -0.1) is 0 Å². The number of anilines is 1. The molecule has 0 radical (unpaired) electrons. The van der Waals surface area contributed by atoms with E-state index >= 15 is 0 Å². The summed E-state index contributed by atoms with van der Waals surface area (Å²) >= 11 is 6.32. The number of benzene rings is 2. The van der Waals surface area contributed by atoms with Crippen LogP contribution in [0.3, 0.4) is 0 Å². The van der Waals surface area contributed by atoms with Gasteiger partial charge in [0.25, 0.3) is 11.8 Å². The van der Waals surface area contributed by atoms with Crippen LogP contribution < -0.4 is 22.1 Å². The zero-order valence-corrected chi connectivity index (χ0v) is 21.7. The molecule has 1 atom stereocenters. The van der Waals surface area contributed by atoms with E-state index in [4.69, 9.17) is 23.1 Å². The second kappa shape index (κ2) is 11.1. The summed E-state index contributed by atoms with van der Waals surface area (Å²) in [6.07, 6.45) is 3.54. The molecule has 6 N–H and O–H groups in total. The van der Waals surface area contributed by atoms with Crippen molar-refractivity contribution in [3.63, 3.8) is 0 Å². The summed E-state index contributed by atoms with van der Waals surface area (Å²) in [6.45, 7) is 6.42. The number of carbonyl (C=O) groups is 2. The highest BCUT2D eigenvalue weighted by Crippen LogP contribution is 2.35. The van der Waals surface area contributed by atoms with Crippen molar-refractivity contribution in [2.75, 3.05) is 31.5 Å². The average Bonchev–Trinajstić information content (AvgIpc) is 3.42. The number of hydrogen-bond acceptors (Lipinski definition) is 6. The largest absolute Gasteiger partial charge is 0.394 e. The van der Waals surface area contributed by atoms with Crippen molar-refractivity contribution in [1.82, 2.24) is 15.1 Å². The zero-order valence-electron chi connectivity index (χ0n) is 21.0. The second-order valence-corrected chi connectivity index (χ2v) is 9.70. The Kier molecular flexibility index (Phi) is 7.92. The number of carbonyl (C=O) groups excluding carboxylic acids is 2. The van der Waals surface area contributed by atoms with Crippen LogP contribution in [0.4, 0.5) is 10.1 Å². The van der Waals surface area contributed by atoms with E-state index in [9.17, 15) is 14.0 Å².